The number of aromatic nitrogens is 1. The van der Waals surface area contributed by atoms with Gasteiger partial charge >= 0.3 is 6.03 Å². The molecule has 1 aliphatic heterocycles. The molecule has 1 aliphatic rings. The van der Waals surface area contributed by atoms with Gasteiger partial charge in [0.15, 0.2) is 0 Å². The zero-order valence-corrected chi connectivity index (χ0v) is 15.2. The van der Waals surface area contributed by atoms with Gasteiger partial charge in [-0.05, 0) is 30.5 Å². The van der Waals surface area contributed by atoms with E-state index in [0.29, 0.717) is 17.8 Å². The highest BCUT2D eigenvalue weighted by atomic mass is 32.2. The van der Waals surface area contributed by atoms with E-state index in [1.54, 1.807) is 24.9 Å². The van der Waals surface area contributed by atoms with Crippen LogP contribution in [-0.4, -0.2) is 29.2 Å². The third-order valence-electron chi connectivity index (χ3n) is 3.62. The van der Waals surface area contributed by atoms with Crippen molar-refractivity contribution in [2.45, 2.75) is 18.0 Å². The van der Waals surface area contributed by atoms with Crippen LogP contribution in [0.25, 0.3) is 0 Å². The highest BCUT2D eigenvalue weighted by Gasteiger charge is 2.31. The highest BCUT2D eigenvalue weighted by molar-refractivity contribution is 7.99. The number of thiophene rings is 1. The van der Waals surface area contributed by atoms with Gasteiger partial charge in [-0.3, -0.25) is 4.79 Å². The molecule has 0 spiro atoms. The molecule has 1 atom stereocenters. The van der Waals surface area contributed by atoms with E-state index in [2.05, 4.69) is 20.9 Å². The Morgan fingerprint density at radius 2 is 2.24 bits per heavy atom. The van der Waals surface area contributed by atoms with Gasteiger partial charge in [0, 0.05) is 29.1 Å². The van der Waals surface area contributed by atoms with Crippen molar-refractivity contribution in [3.63, 3.8) is 0 Å². The van der Waals surface area contributed by atoms with E-state index >= 15 is 0 Å². The number of amides is 3. The smallest absolute Gasteiger partial charge is 0.319 e. The van der Waals surface area contributed by atoms with Gasteiger partial charge < -0.3 is 16.0 Å². The van der Waals surface area contributed by atoms with Crippen molar-refractivity contribution in [2.75, 3.05) is 12.3 Å². The number of hydrogen-bond donors (Lipinski definition) is 3. The maximum atomic E-state index is 12.7. The summed E-state index contributed by atoms with van der Waals surface area (Å²) in [5.41, 5.74) is 1.13. The van der Waals surface area contributed by atoms with Gasteiger partial charge in [-0.1, -0.05) is 12.1 Å². The van der Waals surface area contributed by atoms with Crippen molar-refractivity contribution in [1.82, 2.24) is 20.9 Å². The minimum atomic E-state index is -0.419. The molecule has 8 heteroatoms. The van der Waals surface area contributed by atoms with E-state index in [1.165, 1.54) is 11.3 Å². The fourth-order valence-electron chi connectivity index (χ4n) is 2.51. The van der Waals surface area contributed by atoms with Crippen molar-refractivity contribution in [3.8, 4) is 0 Å². The Kier molecular flexibility index (Phi) is 5.72. The highest BCUT2D eigenvalue weighted by Crippen LogP contribution is 2.29. The molecule has 0 saturated heterocycles. The van der Waals surface area contributed by atoms with Crippen LogP contribution in [0, 0.1) is 0 Å². The summed E-state index contributed by atoms with van der Waals surface area (Å²) in [5, 5.41) is 11.3. The summed E-state index contributed by atoms with van der Waals surface area (Å²) in [6.45, 7) is 2.26. The van der Waals surface area contributed by atoms with Crippen LogP contribution in [0.15, 0.2) is 58.2 Å². The summed E-state index contributed by atoms with van der Waals surface area (Å²) < 4.78 is 0. The van der Waals surface area contributed by atoms with Crippen molar-refractivity contribution < 1.29 is 9.59 Å². The Morgan fingerprint density at radius 3 is 2.96 bits per heavy atom. The van der Waals surface area contributed by atoms with Crippen molar-refractivity contribution in [2.24, 2.45) is 0 Å². The molecular weight excluding hydrogens is 356 g/mol. The van der Waals surface area contributed by atoms with Gasteiger partial charge in [0.25, 0.3) is 5.91 Å². The molecule has 2 aromatic heterocycles. The number of nitrogens with one attached hydrogen (secondary N) is 3. The zero-order chi connectivity index (χ0) is 17.6. The second kappa shape index (κ2) is 8.17. The first-order chi connectivity index (χ1) is 12.1. The van der Waals surface area contributed by atoms with Crippen LogP contribution in [0.5, 0.6) is 0 Å². The molecule has 3 N–H and O–H groups in total. The van der Waals surface area contributed by atoms with Crippen LogP contribution < -0.4 is 16.0 Å². The molecular formula is C17H18N4O2S2. The first kappa shape index (κ1) is 17.5. The number of thioether (sulfide) groups is 1. The van der Waals surface area contributed by atoms with E-state index in [9.17, 15) is 9.59 Å². The number of hydrogen-bond acceptors (Lipinski definition) is 5. The normalized spacial score (nSPS) is 17.0. The first-order valence-electron chi connectivity index (χ1n) is 7.79. The lowest BCUT2D eigenvalue weighted by molar-refractivity contribution is -0.117. The maximum absolute atomic E-state index is 12.7. The lowest BCUT2D eigenvalue weighted by atomic mass is 10.0. The second-order valence-electron chi connectivity index (χ2n) is 5.36. The number of carbonyl (C=O) groups is 2. The van der Waals surface area contributed by atoms with Crippen molar-refractivity contribution >= 4 is 35.0 Å². The second-order valence-corrected chi connectivity index (χ2v) is 7.45. The molecule has 3 heterocycles. The van der Waals surface area contributed by atoms with Crippen LogP contribution in [0.3, 0.4) is 0 Å². The predicted octanol–water partition coefficient (Wildman–Crippen LogP) is 2.68. The largest absolute Gasteiger partial charge is 0.351 e. The topological polar surface area (TPSA) is 83.1 Å². The first-order valence-corrected chi connectivity index (χ1v) is 9.65. The van der Waals surface area contributed by atoms with Crippen LogP contribution >= 0.6 is 23.1 Å². The molecule has 0 unspecified atom stereocenters. The molecule has 25 heavy (non-hydrogen) atoms. The summed E-state index contributed by atoms with van der Waals surface area (Å²) >= 11 is 3.09. The van der Waals surface area contributed by atoms with Crippen LogP contribution in [0.2, 0.25) is 0 Å². The molecule has 0 bridgehead atoms. The van der Waals surface area contributed by atoms with Gasteiger partial charge in [0.05, 0.1) is 16.6 Å². The molecule has 3 rings (SSSR count). The molecule has 3 amide bonds. The lowest BCUT2D eigenvalue weighted by Crippen LogP contribution is -2.47. The van der Waals surface area contributed by atoms with E-state index in [-0.39, 0.29) is 11.9 Å². The molecule has 0 aromatic carbocycles. The predicted molar refractivity (Wildman–Crippen MR) is 99.4 cm³/mol. The average molecular weight is 374 g/mol. The molecule has 130 valence electrons. The number of pyridine rings is 1. The van der Waals surface area contributed by atoms with Crippen molar-refractivity contribution in [1.29, 1.82) is 0 Å². The Bertz CT molecular complexity index is 775. The molecule has 0 fully saturated rings. The van der Waals surface area contributed by atoms with E-state index in [4.69, 9.17) is 0 Å². The van der Waals surface area contributed by atoms with Crippen LogP contribution in [0.1, 0.15) is 17.8 Å². The SMILES string of the molecule is CC1=C(C(=O)NCCSc2ccccn2)[C@H](c2cccs2)NC(=O)N1. The van der Waals surface area contributed by atoms with Gasteiger partial charge in [0.2, 0.25) is 0 Å². The minimum absolute atomic E-state index is 0.176. The summed E-state index contributed by atoms with van der Waals surface area (Å²) in [6, 6.07) is 8.85. The Morgan fingerprint density at radius 1 is 1.36 bits per heavy atom. The molecule has 0 aliphatic carbocycles. The minimum Gasteiger partial charge on any atom is -0.351 e. The van der Waals surface area contributed by atoms with E-state index < -0.39 is 6.04 Å². The number of carbonyl (C=O) groups excluding carboxylic acids is 2. The summed E-state index contributed by atoms with van der Waals surface area (Å²) in [4.78, 5) is 29.6. The number of nitrogens with zero attached hydrogens (tertiary/aromatic N) is 1. The van der Waals surface area contributed by atoms with Crippen molar-refractivity contribution in [3.05, 3.63) is 58.1 Å². The van der Waals surface area contributed by atoms with Gasteiger partial charge in [-0.15, -0.1) is 23.1 Å². The van der Waals surface area contributed by atoms with Crippen LogP contribution in [-0.2, 0) is 4.79 Å². The van der Waals surface area contributed by atoms with E-state index in [0.717, 1.165) is 15.7 Å². The molecule has 0 saturated carbocycles. The van der Waals surface area contributed by atoms with Gasteiger partial charge in [-0.2, -0.15) is 0 Å². The third kappa shape index (κ3) is 4.40. The fourth-order valence-corrected chi connectivity index (χ4v) is 4.02. The maximum Gasteiger partial charge on any atom is 0.319 e. The number of urea groups is 1. The third-order valence-corrected chi connectivity index (χ3v) is 5.50. The fraction of sp³-hybridized carbons (Fsp3) is 0.235. The molecule has 0 radical (unpaired) electrons. The Labute approximate surface area is 154 Å². The van der Waals surface area contributed by atoms with Gasteiger partial charge in [0.1, 0.15) is 0 Å². The van der Waals surface area contributed by atoms with Gasteiger partial charge in [-0.25, -0.2) is 9.78 Å². The monoisotopic (exact) mass is 374 g/mol. The quantitative estimate of drug-likeness (QED) is 0.536. The Balaban J connectivity index is 1.62. The lowest BCUT2D eigenvalue weighted by Gasteiger charge is -2.27. The summed E-state index contributed by atoms with van der Waals surface area (Å²) in [7, 11) is 0. The summed E-state index contributed by atoms with van der Waals surface area (Å²) in [5.74, 6) is 0.545. The standard InChI is InChI=1S/C17H18N4O2S2/c1-11-14(15(21-17(23)20-11)12-5-4-9-24-12)16(22)19-8-10-25-13-6-2-3-7-18-13/h2-7,9,15H,8,10H2,1H3,(H,19,22)(H2,20,21,23)/t15-/m0/s1. The molecule has 6 nitrogen and oxygen atoms in total. The zero-order valence-electron chi connectivity index (χ0n) is 13.6. The van der Waals surface area contributed by atoms with Crippen LogP contribution in [0.4, 0.5) is 4.79 Å². The summed E-state index contributed by atoms with van der Waals surface area (Å²) in [6.07, 6.45) is 1.75. The van der Waals surface area contributed by atoms with E-state index in [1.807, 2.05) is 35.7 Å². The Hall–Kier alpha value is -2.32. The average Bonchev–Trinajstić information content (AvgIpc) is 3.13. The molecule has 2 aromatic rings. The number of rotatable bonds is 6. The number of allylic oxidation sites excluding steroid dienone is 1.